The summed E-state index contributed by atoms with van der Waals surface area (Å²) in [6.45, 7) is 4.26. The van der Waals surface area contributed by atoms with E-state index in [-0.39, 0.29) is 5.82 Å². The van der Waals surface area contributed by atoms with Crippen LogP contribution in [0.25, 0.3) is 0 Å². The summed E-state index contributed by atoms with van der Waals surface area (Å²) < 4.78 is 18.4. The number of nitrogens with zero attached hydrogens (tertiary/aromatic N) is 1. The predicted octanol–water partition coefficient (Wildman–Crippen LogP) is 3.30. The third-order valence-electron chi connectivity index (χ3n) is 2.80. The fourth-order valence-electron chi connectivity index (χ4n) is 1.79. The molecule has 0 bridgehead atoms. The smallest absolute Gasteiger partial charge is 0.130 e. The Hall–Kier alpha value is -1.94. The molecule has 2 rings (SSSR count). The topological polar surface area (TPSA) is 34.1 Å². The van der Waals surface area contributed by atoms with Crippen molar-refractivity contribution in [1.29, 1.82) is 0 Å². The van der Waals surface area contributed by atoms with Crippen LogP contribution in [0.1, 0.15) is 24.7 Å². The number of rotatable bonds is 7. The first kappa shape index (κ1) is 14.5. The maximum Gasteiger partial charge on any atom is 0.130 e. The second-order valence-electron chi connectivity index (χ2n) is 4.54. The van der Waals surface area contributed by atoms with E-state index in [4.69, 9.17) is 4.74 Å². The number of aromatic nitrogens is 1. The second-order valence-corrected chi connectivity index (χ2v) is 4.54. The molecule has 2 aromatic rings. The Bertz CT molecular complexity index is 528. The van der Waals surface area contributed by atoms with Crippen molar-refractivity contribution in [3.05, 3.63) is 59.7 Å². The monoisotopic (exact) mass is 274 g/mol. The van der Waals surface area contributed by atoms with Gasteiger partial charge in [-0.1, -0.05) is 13.0 Å². The quantitative estimate of drug-likeness (QED) is 0.787. The number of hydrogen-bond acceptors (Lipinski definition) is 3. The van der Waals surface area contributed by atoms with Crippen LogP contribution in [0, 0.1) is 5.82 Å². The molecule has 0 saturated carbocycles. The Balaban J connectivity index is 1.89. The molecule has 1 N–H and O–H groups in total. The van der Waals surface area contributed by atoms with Crippen LogP contribution in [0.3, 0.4) is 0 Å². The molecule has 0 saturated heterocycles. The molecule has 1 heterocycles. The summed E-state index contributed by atoms with van der Waals surface area (Å²) in [5, 5.41) is 3.31. The van der Waals surface area contributed by atoms with Crippen LogP contribution in [0.15, 0.2) is 42.5 Å². The highest BCUT2D eigenvalue weighted by molar-refractivity contribution is 5.22. The Morgan fingerprint density at radius 3 is 2.60 bits per heavy atom. The van der Waals surface area contributed by atoms with Crippen LogP contribution in [-0.2, 0) is 13.2 Å². The third kappa shape index (κ3) is 4.63. The van der Waals surface area contributed by atoms with Gasteiger partial charge in [-0.2, -0.15) is 0 Å². The largest absolute Gasteiger partial charge is 0.487 e. The van der Waals surface area contributed by atoms with Crippen LogP contribution in [-0.4, -0.2) is 11.5 Å². The molecule has 4 heteroatoms. The lowest BCUT2D eigenvalue weighted by atomic mass is 10.3. The van der Waals surface area contributed by atoms with Crippen molar-refractivity contribution >= 4 is 0 Å². The zero-order valence-electron chi connectivity index (χ0n) is 11.6. The minimum absolute atomic E-state index is 0.264. The Labute approximate surface area is 118 Å². The zero-order chi connectivity index (χ0) is 14.2. The zero-order valence-corrected chi connectivity index (χ0v) is 11.6. The molecule has 0 spiro atoms. The van der Waals surface area contributed by atoms with Crippen LogP contribution in [0.4, 0.5) is 4.39 Å². The first-order valence-electron chi connectivity index (χ1n) is 6.82. The number of hydrogen-bond donors (Lipinski definition) is 1. The van der Waals surface area contributed by atoms with Crippen molar-refractivity contribution in [2.24, 2.45) is 0 Å². The fraction of sp³-hybridized carbons (Fsp3) is 0.312. The maximum atomic E-state index is 12.8. The minimum Gasteiger partial charge on any atom is -0.487 e. The van der Waals surface area contributed by atoms with Crippen molar-refractivity contribution in [3.63, 3.8) is 0 Å². The van der Waals surface area contributed by atoms with E-state index in [2.05, 4.69) is 17.2 Å². The molecule has 106 valence electrons. The molecule has 1 aromatic heterocycles. The van der Waals surface area contributed by atoms with Gasteiger partial charge in [-0.25, -0.2) is 4.39 Å². The van der Waals surface area contributed by atoms with E-state index >= 15 is 0 Å². The van der Waals surface area contributed by atoms with E-state index in [1.165, 1.54) is 12.1 Å². The van der Waals surface area contributed by atoms with Crippen molar-refractivity contribution in [2.45, 2.75) is 26.5 Å². The van der Waals surface area contributed by atoms with E-state index in [1.54, 1.807) is 12.1 Å². The van der Waals surface area contributed by atoms with Gasteiger partial charge in [0.05, 0.1) is 11.4 Å². The first-order chi connectivity index (χ1) is 9.78. The van der Waals surface area contributed by atoms with E-state index in [1.807, 2.05) is 18.2 Å². The lowest BCUT2D eigenvalue weighted by Crippen LogP contribution is -2.15. The number of halogens is 1. The van der Waals surface area contributed by atoms with Gasteiger partial charge in [0, 0.05) is 6.54 Å². The third-order valence-corrected chi connectivity index (χ3v) is 2.80. The normalized spacial score (nSPS) is 10.5. The molecule has 0 aliphatic rings. The van der Waals surface area contributed by atoms with E-state index in [0.717, 1.165) is 30.9 Å². The number of benzene rings is 1. The van der Waals surface area contributed by atoms with Crippen molar-refractivity contribution in [3.8, 4) is 5.75 Å². The molecule has 0 aliphatic heterocycles. The van der Waals surface area contributed by atoms with Gasteiger partial charge < -0.3 is 10.1 Å². The van der Waals surface area contributed by atoms with E-state index < -0.39 is 0 Å². The summed E-state index contributed by atoms with van der Waals surface area (Å²) in [7, 11) is 0. The van der Waals surface area contributed by atoms with E-state index in [0.29, 0.717) is 12.4 Å². The molecule has 0 radical (unpaired) electrons. The number of nitrogens with one attached hydrogen (secondary N) is 1. The van der Waals surface area contributed by atoms with Gasteiger partial charge in [-0.3, -0.25) is 4.98 Å². The number of ether oxygens (including phenoxy) is 1. The summed E-state index contributed by atoms with van der Waals surface area (Å²) in [6.07, 6.45) is 1.10. The van der Waals surface area contributed by atoms with Gasteiger partial charge in [0.1, 0.15) is 18.2 Å². The highest BCUT2D eigenvalue weighted by Crippen LogP contribution is 2.13. The maximum absolute atomic E-state index is 12.8. The molecule has 0 fully saturated rings. The fourth-order valence-corrected chi connectivity index (χ4v) is 1.79. The van der Waals surface area contributed by atoms with Crippen LogP contribution in [0.5, 0.6) is 5.75 Å². The van der Waals surface area contributed by atoms with Gasteiger partial charge >= 0.3 is 0 Å². The molecular weight excluding hydrogens is 255 g/mol. The summed E-state index contributed by atoms with van der Waals surface area (Å²) in [5.74, 6) is 0.377. The lowest BCUT2D eigenvalue weighted by Gasteiger charge is -2.08. The summed E-state index contributed by atoms with van der Waals surface area (Å²) in [4.78, 5) is 4.52. The Morgan fingerprint density at radius 2 is 1.85 bits per heavy atom. The van der Waals surface area contributed by atoms with Crippen LogP contribution in [0.2, 0.25) is 0 Å². The average molecular weight is 274 g/mol. The summed E-state index contributed by atoms with van der Waals surface area (Å²) in [5.41, 5.74) is 1.86. The van der Waals surface area contributed by atoms with Crippen molar-refractivity contribution in [2.75, 3.05) is 6.54 Å². The standard InChI is InChI=1S/C16H19FN2O/c1-2-10-18-11-14-4-3-5-15(19-14)12-20-16-8-6-13(17)7-9-16/h3-9,18H,2,10-12H2,1H3. The predicted molar refractivity (Wildman–Crippen MR) is 77.0 cm³/mol. The second kappa shape index (κ2) is 7.60. The molecule has 0 atom stereocenters. The molecule has 1 aromatic carbocycles. The van der Waals surface area contributed by atoms with Crippen molar-refractivity contribution < 1.29 is 9.13 Å². The van der Waals surface area contributed by atoms with Gasteiger partial charge in [0.25, 0.3) is 0 Å². The van der Waals surface area contributed by atoms with Crippen molar-refractivity contribution in [1.82, 2.24) is 10.3 Å². The highest BCUT2D eigenvalue weighted by atomic mass is 19.1. The molecule has 0 unspecified atom stereocenters. The molecule has 0 amide bonds. The van der Waals surface area contributed by atoms with Gasteiger partial charge in [0.2, 0.25) is 0 Å². The number of pyridine rings is 1. The van der Waals surface area contributed by atoms with Gasteiger partial charge in [-0.05, 0) is 49.4 Å². The summed E-state index contributed by atoms with van der Waals surface area (Å²) >= 11 is 0. The van der Waals surface area contributed by atoms with Gasteiger partial charge in [0.15, 0.2) is 0 Å². The molecule has 3 nitrogen and oxygen atoms in total. The lowest BCUT2D eigenvalue weighted by molar-refractivity contribution is 0.300. The minimum atomic E-state index is -0.264. The van der Waals surface area contributed by atoms with Crippen LogP contribution >= 0.6 is 0 Å². The molecular formula is C16H19FN2O. The van der Waals surface area contributed by atoms with Gasteiger partial charge in [-0.15, -0.1) is 0 Å². The molecule has 0 aliphatic carbocycles. The summed E-state index contributed by atoms with van der Waals surface area (Å²) in [6, 6.07) is 11.9. The van der Waals surface area contributed by atoms with E-state index in [9.17, 15) is 4.39 Å². The highest BCUT2D eigenvalue weighted by Gasteiger charge is 2.00. The molecule has 20 heavy (non-hydrogen) atoms. The Morgan fingerprint density at radius 1 is 1.10 bits per heavy atom. The first-order valence-corrected chi connectivity index (χ1v) is 6.82. The average Bonchev–Trinajstić information content (AvgIpc) is 2.47. The van der Waals surface area contributed by atoms with Crippen LogP contribution < -0.4 is 10.1 Å². The SMILES string of the molecule is CCCNCc1cccc(COc2ccc(F)cc2)n1. The Kier molecular flexibility index (Phi) is 5.50.